The van der Waals surface area contributed by atoms with Crippen molar-refractivity contribution in [3.63, 3.8) is 0 Å². The summed E-state index contributed by atoms with van der Waals surface area (Å²) in [7, 11) is 0. The number of nitrogens with zero attached hydrogens (tertiary/aromatic N) is 1. The molecule has 1 aliphatic rings. The maximum atomic E-state index is 3.54. The molecule has 0 amide bonds. The van der Waals surface area contributed by atoms with E-state index in [1.54, 1.807) is 11.3 Å². The topological polar surface area (TPSA) is 15.3 Å². The second kappa shape index (κ2) is 8.00. The number of thiophene rings is 1. The van der Waals surface area contributed by atoms with Crippen molar-refractivity contribution in [1.82, 2.24) is 10.2 Å². The number of hydrogen-bond donors (Lipinski definition) is 1. The quantitative estimate of drug-likeness (QED) is 0.750. The lowest BCUT2D eigenvalue weighted by atomic mass is 10.2. The minimum Gasteiger partial charge on any atom is -0.311 e. The Bertz CT molecular complexity index is 340. The lowest BCUT2D eigenvalue weighted by Gasteiger charge is -2.19. The molecular weight excluding hydrogens is 376 g/mol. The van der Waals surface area contributed by atoms with E-state index in [1.165, 1.54) is 54.0 Å². The summed E-state index contributed by atoms with van der Waals surface area (Å²) in [6, 6.07) is 2.19. The third kappa shape index (κ3) is 4.93. The Morgan fingerprint density at radius 2 is 1.89 bits per heavy atom. The molecule has 1 saturated heterocycles. The van der Waals surface area contributed by atoms with Gasteiger partial charge in [-0.05, 0) is 63.9 Å². The Labute approximate surface area is 130 Å². The van der Waals surface area contributed by atoms with Crippen molar-refractivity contribution in [3.8, 4) is 0 Å². The lowest BCUT2D eigenvalue weighted by molar-refractivity contribution is 0.284. The fourth-order valence-electron chi connectivity index (χ4n) is 2.29. The highest BCUT2D eigenvalue weighted by Crippen LogP contribution is 2.32. The first-order valence-electron chi connectivity index (χ1n) is 6.62. The van der Waals surface area contributed by atoms with Gasteiger partial charge in [-0.25, -0.2) is 0 Å². The molecule has 0 radical (unpaired) electrons. The number of likely N-dealkylation sites (tertiary alicyclic amines) is 1. The van der Waals surface area contributed by atoms with Crippen LogP contribution in [0.25, 0.3) is 0 Å². The standard InChI is InChI=1S/C13H20Br2N2S/c14-12-9-11(18-13(12)15)10-16-5-8-17-6-3-1-2-4-7-17/h9,16H,1-8,10H2. The van der Waals surface area contributed by atoms with Crippen LogP contribution in [0.5, 0.6) is 0 Å². The van der Waals surface area contributed by atoms with Gasteiger partial charge in [0.25, 0.3) is 0 Å². The molecule has 18 heavy (non-hydrogen) atoms. The van der Waals surface area contributed by atoms with Crippen LogP contribution in [0.2, 0.25) is 0 Å². The zero-order valence-electron chi connectivity index (χ0n) is 10.6. The predicted octanol–water partition coefficient (Wildman–Crippen LogP) is 4.24. The summed E-state index contributed by atoms with van der Waals surface area (Å²) in [6.07, 6.45) is 5.60. The van der Waals surface area contributed by atoms with E-state index >= 15 is 0 Å². The zero-order chi connectivity index (χ0) is 12.8. The van der Waals surface area contributed by atoms with E-state index in [9.17, 15) is 0 Å². The van der Waals surface area contributed by atoms with Gasteiger partial charge < -0.3 is 10.2 Å². The second-order valence-electron chi connectivity index (χ2n) is 4.77. The summed E-state index contributed by atoms with van der Waals surface area (Å²) in [4.78, 5) is 3.98. The van der Waals surface area contributed by atoms with Gasteiger partial charge in [-0.3, -0.25) is 0 Å². The minimum absolute atomic E-state index is 0.975. The van der Waals surface area contributed by atoms with Crippen LogP contribution in [0, 0.1) is 0 Å². The van der Waals surface area contributed by atoms with Crippen molar-refractivity contribution in [3.05, 3.63) is 19.2 Å². The van der Waals surface area contributed by atoms with Crippen molar-refractivity contribution in [2.45, 2.75) is 32.2 Å². The van der Waals surface area contributed by atoms with Crippen LogP contribution in [-0.2, 0) is 6.54 Å². The average molecular weight is 396 g/mol. The van der Waals surface area contributed by atoms with E-state index < -0.39 is 0 Å². The molecule has 0 aliphatic carbocycles. The highest BCUT2D eigenvalue weighted by molar-refractivity contribution is 9.13. The molecule has 2 heterocycles. The van der Waals surface area contributed by atoms with Gasteiger partial charge >= 0.3 is 0 Å². The molecular formula is C13H20Br2N2S. The molecule has 1 aromatic rings. The van der Waals surface area contributed by atoms with Crippen LogP contribution in [0.3, 0.4) is 0 Å². The normalized spacial score (nSPS) is 17.9. The predicted molar refractivity (Wildman–Crippen MR) is 86.3 cm³/mol. The van der Waals surface area contributed by atoms with Crippen molar-refractivity contribution in [2.24, 2.45) is 0 Å². The molecule has 0 spiro atoms. The van der Waals surface area contributed by atoms with Gasteiger partial charge in [-0.2, -0.15) is 0 Å². The Morgan fingerprint density at radius 3 is 2.50 bits per heavy atom. The Hall–Kier alpha value is 0.580. The van der Waals surface area contributed by atoms with Gasteiger partial charge in [0, 0.05) is 29.0 Å². The molecule has 5 heteroatoms. The van der Waals surface area contributed by atoms with Crippen LogP contribution in [0.1, 0.15) is 30.6 Å². The van der Waals surface area contributed by atoms with Crippen LogP contribution < -0.4 is 5.32 Å². The smallest absolute Gasteiger partial charge is 0.0843 e. The second-order valence-corrected chi connectivity index (χ2v) is 8.08. The number of nitrogens with one attached hydrogen (secondary N) is 1. The number of halogens is 2. The molecule has 0 atom stereocenters. The van der Waals surface area contributed by atoms with Gasteiger partial charge in [0.15, 0.2) is 0 Å². The van der Waals surface area contributed by atoms with Crippen molar-refractivity contribution < 1.29 is 0 Å². The molecule has 1 fully saturated rings. The molecule has 1 aromatic heterocycles. The minimum atomic E-state index is 0.975. The van der Waals surface area contributed by atoms with Gasteiger partial charge in [0.2, 0.25) is 0 Å². The number of rotatable bonds is 5. The fourth-order valence-corrected chi connectivity index (χ4v) is 4.43. The van der Waals surface area contributed by atoms with Crippen LogP contribution in [0.15, 0.2) is 14.3 Å². The molecule has 2 nitrogen and oxygen atoms in total. The van der Waals surface area contributed by atoms with Crippen LogP contribution in [0.4, 0.5) is 0 Å². The molecule has 0 aromatic carbocycles. The fraction of sp³-hybridized carbons (Fsp3) is 0.692. The monoisotopic (exact) mass is 394 g/mol. The van der Waals surface area contributed by atoms with Gasteiger partial charge in [0.05, 0.1) is 3.79 Å². The summed E-state index contributed by atoms with van der Waals surface area (Å²) in [5.41, 5.74) is 0. The summed E-state index contributed by atoms with van der Waals surface area (Å²) >= 11 is 8.85. The molecule has 0 bridgehead atoms. The largest absolute Gasteiger partial charge is 0.311 e. The lowest BCUT2D eigenvalue weighted by Crippen LogP contribution is -2.32. The van der Waals surface area contributed by atoms with E-state index in [1.807, 2.05) is 0 Å². The van der Waals surface area contributed by atoms with E-state index in [0.717, 1.165) is 17.6 Å². The van der Waals surface area contributed by atoms with Crippen molar-refractivity contribution in [1.29, 1.82) is 0 Å². The third-order valence-electron chi connectivity index (χ3n) is 3.30. The van der Waals surface area contributed by atoms with Crippen LogP contribution in [-0.4, -0.2) is 31.1 Å². The molecule has 0 saturated carbocycles. The van der Waals surface area contributed by atoms with E-state index in [0.29, 0.717) is 0 Å². The SMILES string of the molecule is Brc1cc(CNCCN2CCCCCC2)sc1Br. The molecule has 0 unspecified atom stereocenters. The van der Waals surface area contributed by atoms with E-state index in [-0.39, 0.29) is 0 Å². The highest BCUT2D eigenvalue weighted by atomic mass is 79.9. The average Bonchev–Trinajstić information content (AvgIpc) is 2.59. The zero-order valence-corrected chi connectivity index (χ0v) is 14.5. The maximum absolute atomic E-state index is 3.54. The van der Waals surface area contributed by atoms with Gasteiger partial charge in [-0.15, -0.1) is 11.3 Å². The molecule has 1 aliphatic heterocycles. The third-order valence-corrected chi connectivity index (χ3v) is 6.56. The first-order chi connectivity index (χ1) is 8.75. The summed E-state index contributed by atoms with van der Waals surface area (Å²) in [5.74, 6) is 0. The van der Waals surface area contributed by atoms with E-state index in [2.05, 4.69) is 48.1 Å². The molecule has 1 N–H and O–H groups in total. The molecule has 2 rings (SSSR count). The number of hydrogen-bond acceptors (Lipinski definition) is 3. The highest BCUT2D eigenvalue weighted by Gasteiger charge is 2.08. The summed E-state index contributed by atoms with van der Waals surface area (Å²) in [6.45, 7) is 5.83. The first kappa shape index (κ1) is 15.0. The van der Waals surface area contributed by atoms with Crippen LogP contribution >= 0.6 is 43.2 Å². The maximum Gasteiger partial charge on any atom is 0.0843 e. The van der Waals surface area contributed by atoms with Crippen molar-refractivity contribution in [2.75, 3.05) is 26.2 Å². The Morgan fingerprint density at radius 1 is 1.17 bits per heavy atom. The van der Waals surface area contributed by atoms with Gasteiger partial charge in [-0.1, -0.05) is 12.8 Å². The Kier molecular flexibility index (Phi) is 6.66. The first-order valence-corrected chi connectivity index (χ1v) is 9.03. The summed E-state index contributed by atoms with van der Waals surface area (Å²) in [5, 5.41) is 3.54. The summed E-state index contributed by atoms with van der Waals surface area (Å²) < 4.78 is 2.35. The van der Waals surface area contributed by atoms with Crippen molar-refractivity contribution >= 4 is 43.2 Å². The van der Waals surface area contributed by atoms with Gasteiger partial charge in [0.1, 0.15) is 0 Å². The Balaban J connectivity index is 1.63. The van der Waals surface area contributed by atoms with E-state index in [4.69, 9.17) is 0 Å². The molecule has 102 valence electrons.